The van der Waals surface area contributed by atoms with Gasteiger partial charge in [-0.05, 0) is 41.3 Å². The van der Waals surface area contributed by atoms with Crippen molar-refractivity contribution < 1.29 is 14.4 Å². The number of rotatable bonds is 11. The van der Waals surface area contributed by atoms with Crippen LogP contribution in [0.15, 0.2) is 90.3 Å². The molecule has 1 saturated heterocycles. The smallest absolute Gasteiger partial charge is 0.254 e. The number of carbonyl (C=O) groups is 3. The van der Waals surface area contributed by atoms with Crippen LogP contribution in [0.3, 0.4) is 0 Å². The molecule has 0 saturated carbocycles. The summed E-state index contributed by atoms with van der Waals surface area (Å²) < 4.78 is 0. The molecule has 45 heavy (non-hydrogen) atoms. The van der Waals surface area contributed by atoms with Gasteiger partial charge in [-0.15, -0.1) is 11.3 Å². The summed E-state index contributed by atoms with van der Waals surface area (Å²) in [5.74, 6) is -0.381. The van der Waals surface area contributed by atoms with Crippen molar-refractivity contribution in [2.75, 3.05) is 44.6 Å². The van der Waals surface area contributed by atoms with Gasteiger partial charge in [-0.3, -0.25) is 19.3 Å². The molecule has 0 bridgehead atoms. The van der Waals surface area contributed by atoms with Gasteiger partial charge in [0.2, 0.25) is 11.8 Å². The van der Waals surface area contributed by atoms with Gasteiger partial charge in [0.25, 0.3) is 5.91 Å². The van der Waals surface area contributed by atoms with Crippen molar-refractivity contribution in [2.45, 2.75) is 26.3 Å². The number of hydrogen-bond acceptors (Lipinski definition) is 6. The minimum absolute atomic E-state index is 0.0190. The molecular formula is C35H38ClN5O3S. The number of benzene rings is 3. The average Bonchev–Trinajstić information content (AvgIpc) is 3.48. The normalized spacial score (nSPS) is 13.7. The summed E-state index contributed by atoms with van der Waals surface area (Å²) in [5.41, 5.74) is 3.56. The summed E-state index contributed by atoms with van der Waals surface area (Å²) in [6, 6.07) is 27.7. The Bertz CT molecular complexity index is 1530. The molecule has 0 unspecified atom stereocenters. The summed E-state index contributed by atoms with van der Waals surface area (Å²) in [4.78, 5) is 49.6. The van der Waals surface area contributed by atoms with Crippen LogP contribution in [0.25, 0.3) is 0 Å². The van der Waals surface area contributed by atoms with E-state index >= 15 is 0 Å². The van der Waals surface area contributed by atoms with Gasteiger partial charge >= 0.3 is 0 Å². The van der Waals surface area contributed by atoms with E-state index in [0.717, 1.165) is 13.1 Å². The lowest BCUT2D eigenvalue weighted by Crippen LogP contribution is -2.50. The fourth-order valence-electron chi connectivity index (χ4n) is 5.59. The van der Waals surface area contributed by atoms with Crippen LogP contribution in [0.5, 0.6) is 0 Å². The van der Waals surface area contributed by atoms with Crippen molar-refractivity contribution in [2.24, 2.45) is 5.92 Å². The van der Waals surface area contributed by atoms with Gasteiger partial charge < -0.3 is 15.1 Å². The highest BCUT2D eigenvalue weighted by molar-refractivity contribution is 7.13. The molecule has 3 aromatic carbocycles. The number of halogens is 1. The number of hydrogen-bond donors (Lipinski definition) is 1. The molecule has 0 radical (unpaired) electrons. The minimum Gasteiger partial charge on any atom is -0.340 e. The summed E-state index contributed by atoms with van der Waals surface area (Å²) in [5, 5.41) is 5.55. The predicted octanol–water partition coefficient (Wildman–Crippen LogP) is 6.01. The van der Waals surface area contributed by atoms with E-state index in [1.54, 1.807) is 29.6 Å². The number of carbonyl (C=O) groups excluding carboxylic acids is 3. The predicted molar refractivity (Wildman–Crippen MR) is 180 cm³/mol. The summed E-state index contributed by atoms with van der Waals surface area (Å²) in [6.45, 7) is 7.11. The van der Waals surface area contributed by atoms with E-state index in [1.807, 2.05) is 30.9 Å². The molecule has 1 aromatic heterocycles. The van der Waals surface area contributed by atoms with Crippen LogP contribution in [0, 0.1) is 5.92 Å². The van der Waals surface area contributed by atoms with E-state index in [-0.39, 0.29) is 42.6 Å². The molecule has 0 atom stereocenters. The number of nitrogens with one attached hydrogen (secondary N) is 1. The van der Waals surface area contributed by atoms with Gasteiger partial charge in [-0.2, -0.15) is 0 Å². The second-order valence-corrected chi connectivity index (χ2v) is 12.9. The highest BCUT2D eigenvalue weighted by Gasteiger charge is 2.28. The van der Waals surface area contributed by atoms with Crippen LogP contribution in [0.1, 0.15) is 47.1 Å². The first-order valence-corrected chi connectivity index (χ1v) is 16.4. The summed E-state index contributed by atoms with van der Waals surface area (Å²) in [7, 11) is 0. The highest BCUT2D eigenvalue weighted by Crippen LogP contribution is 2.29. The van der Waals surface area contributed by atoms with Crippen molar-refractivity contribution in [3.63, 3.8) is 0 Å². The van der Waals surface area contributed by atoms with Gasteiger partial charge in [-0.25, -0.2) is 4.98 Å². The molecule has 0 spiro atoms. The van der Waals surface area contributed by atoms with Gasteiger partial charge in [-0.1, -0.05) is 86.1 Å². The Kier molecular flexibility index (Phi) is 11.0. The van der Waals surface area contributed by atoms with Gasteiger partial charge in [0, 0.05) is 48.7 Å². The van der Waals surface area contributed by atoms with Crippen LogP contribution in [-0.2, 0) is 16.0 Å². The Morgan fingerprint density at radius 1 is 0.889 bits per heavy atom. The van der Waals surface area contributed by atoms with E-state index < -0.39 is 0 Å². The standard InChI is InChI=1S/C35H38ClN5O3S/c1-25(2)22-41(34(44)28-13-15-29(36)16-14-28)23-31(42)38-35-37-30(24-45-35)21-32(43)39-17-19-40(20-18-39)33(26-9-5-3-6-10-26)27-11-7-4-8-12-27/h3-16,24-25,33H,17-23H2,1-2H3,(H,37,38,42). The third kappa shape index (κ3) is 8.78. The number of piperazine rings is 1. The van der Waals surface area contributed by atoms with Crippen molar-refractivity contribution in [3.8, 4) is 0 Å². The number of aromatic nitrogens is 1. The molecule has 1 aliphatic rings. The Morgan fingerprint density at radius 3 is 2.07 bits per heavy atom. The van der Waals surface area contributed by atoms with Gasteiger partial charge in [0.05, 0.1) is 18.2 Å². The van der Waals surface area contributed by atoms with E-state index in [0.29, 0.717) is 41.0 Å². The second-order valence-electron chi connectivity index (χ2n) is 11.6. The second kappa shape index (κ2) is 15.3. The SMILES string of the molecule is CC(C)CN(CC(=O)Nc1nc(CC(=O)N2CCN(C(c3ccccc3)c3ccccc3)CC2)cs1)C(=O)c1ccc(Cl)cc1. The first-order chi connectivity index (χ1) is 21.8. The third-order valence-electron chi connectivity index (χ3n) is 7.69. The fraction of sp³-hybridized carbons (Fsp3) is 0.314. The highest BCUT2D eigenvalue weighted by atomic mass is 35.5. The molecule has 8 nitrogen and oxygen atoms in total. The molecule has 4 aromatic rings. The number of amides is 3. The lowest BCUT2D eigenvalue weighted by atomic mass is 9.96. The third-order valence-corrected chi connectivity index (χ3v) is 8.75. The molecule has 5 rings (SSSR count). The fourth-order valence-corrected chi connectivity index (χ4v) is 6.45. The van der Waals surface area contributed by atoms with Crippen LogP contribution in [-0.4, -0.2) is 76.7 Å². The molecule has 234 valence electrons. The molecule has 0 aliphatic carbocycles. The largest absolute Gasteiger partial charge is 0.340 e. The van der Waals surface area contributed by atoms with Crippen LogP contribution >= 0.6 is 22.9 Å². The Morgan fingerprint density at radius 2 is 1.49 bits per heavy atom. The average molecular weight is 644 g/mol. The first kappa shape index (κ1) is 32.3. The molecule has 10 heteroatoms. The van der Waals surface area contributed by atoms with Crippen molar-refractivity contribution in [3.05, 3.63) is 118 Å². The molecule has 1 aliphatic heterocycles. The maximum atomic E-state index is 13.2. The van der Waals surface area contributed by atoms with Crippen LogP contribution in [0.4, 0.5) is 5.13 Å². The van der Waals surface area contributed by atoms with E-state index in [1.165, 1.54) is 27.4 Å². The zero-order valence-electron chi connectivity index (χ0n) is 25.6. The van der Waals surface area contributed by atoms with Crippen LogP contribution < -0.4 is 5.32 Å². The van der Waals surface area contributed by atoms with Crippen molar-refractivity contribution in [1.82, 2.24) is 19.7 Å². The van der Waals surface area contributed by atoms with Gasteiger partial charge in [0.15, 0.2) is 5.13 Å². The zero-order chi connectivity index (χ0) is 31.8. The quantitative estimate of drug-likeness (QED) is 0.216. The maximum absolute atomic E-state index is 13.2. The zero-order valence-corrected chi connectivity index (χ0v) is 27.1. The monoisotopic (exact) mass is 643 g/mol. The van der Waals surface area contributed by atoms with E-state index in [9.17, 15) is 14.4 Å². The molecule has 3 amide bonds. The van der Waals surface area contributed by atoms with Crippen molar-refractivity contribution in [1.29, 1.82) is 0 Å². The summed E-state index contributed by atoms with van der Waals surface area (Å²) in [6.07, 6.45) is 0.168. The number of thiazole rings is 1. The molecule has 2 heterocycles. The van der Waals surface area contributed by atoms with Gasteiger partial charge in [0.1, 0.15) is 6.54 Å². The topological polar surface area (TPSA) is 85.8 Å². The Labute approximate surface area is 273 Å². The lowest BCUT2D eigenvalue weighted by molar-refractivity contribution is -0.132. The minimum atomic E-state index is -0.340. The van der Waals surface area contributed by atoms with E-state index in [2.05, 4.69) is 63.7 Å². The number of anilines is 1. The molecule has 1 N–H and O–H groups in total. The lowest BCUT2D eigenvalue weighted by Gasteiger charge is -2.39. The Hall–Kier alpha value is -4.05. The van der Waals surface area contributed by atoms with Crippen molar-refractivity contribution >= 4 is 45.8 Å². The van der Waals surface area contributed by atoms with Crippen LogP contribution in [0.2, 0.25) is 5.02 Å². The van der Waals surface area contributed by atoms with E-state index in [4.69, 9.17) is 11.6 Å². The molecular weight excluding hydrogens is 606 g/mol. The molecule has 1 fully saturated rings. The maximum Gasteiger partial charge on any atom is 0.254 e. The number of nitrogens with zero attached hydrogens (tertiary/aromatic N) is 4. The Balaban J connectivity index is 1.15. The first-order valence-electron chi connectivity index (χ1n) is 15.2. The summed E-state index contributed by atoms with van der Waals surface area (Å²) >= 11 is 7.24.